The Balaban J connectivity index is 1.61. The second-order valence-corrected chi connectivity index (χ2v) is 14.5. The van der Waals surface area contributed by atoms with E-state index in [1.165, 1.54) is 18.4 Å². The molecule has 0 bridgehead atoms. The number of allylic oxidation sites excluding steroid dienone is 2. The Hall–Kier alpha value is -0.830. The highest BCUT2D eigenvalue weighted by atomic mass is 16.4. The summed E-state index contributed by atoms with van der Waals surface area (Å²) in [7, 11) is 0. The predicted molar refractivity (Wildman–Crippen MR) is 133 cm³/mol. The van der Waals surface area contributed by atoms with Crippen LogP contribution in [0.3, 0.4) is 0 Å². The minimum atomic E-state index is -0.557. The molecule has 2 N–H and O–H groups in total. The van der Waals surface area contributed by atoms with E-state index in [4.69, 9.17) is 0 Å². The normalized spacial score (nSPS) is 55.3. The molecule has 4 fully saturated rings. The van der Waals surface area contributed by atoms with Crippen LogP contribution in [0.2, 0.25) is 0 Å². The summed E-state index contributed by atoms with van der Waals surface area (Å²) in [6, 6.07) is 0. The maximum absolute atomic E-state index is 12.8. The fraction of sp³-hybridized carbons (Fsp3) is 0.900. The number of aliphatic hydroxyl groups excluding tert-OH is 1. The first-order valence-corrected chi connectivity index (χ1v) is 13.9. The first kappa shape index (κ1) is 23.9. The zero-order valence-corrected chi connectivity index (χ0v) is 22.2. The summed E-state index contributed by atoms with van der Waals surface area (Å²) in [4.78, 5) is 12.8. The summed E-state index contributed by atoms with van der Waals surface area (Å²) in [5.41, 5.74) is 1.46. The van der Waals surface area contributed by atoms with E-state index in [9.17, 15) is 15.0 Å². The third-order valence-electron chi connectivity index (χ3n) is 13.4. The second-order valence-electron chi connectivity index (χ2n) is 14.5. The molecule has 0 aromatic rings. The van der Waals surface area contributed by atoms with Gasteiger partial charge in [0.25, 0.3) is 0 Å². The van der Waals surface area contributed by atoms with Crippen molar-refractivity contribution in [1.82, 2.24) is 0 Å². The van der Waals surface area contributed by atoms with E-state index < -0.39 is 11.4 Å². The van der Waals surface area contributed by atoms with Crippen molar-refractivity contribution in [2.75, 3.05) is 0 Å². The molecule has 186 valence electrons. The molecule has 3 nitrogen and oxygen atoms in total. The topological polar surface area (TPSA) is 57.5 Å². The molecule has 0 aromatic heterocycles. The zero-order chi connectivity index (χ0) is 24.2. The Labute approximate surface area is 201 Å². The number of rotatable bonds is 1. The summed E-state index contributed by atoms with van der Waals surface area (Å²) in [6.45, 7) is 17.0. The molecule has 0 unspecified atom stereocenters. The molecule has 0 heterocycles. The summed E-state index contributed by atoms with van der Waals surface area (Å²) < 4.78 is 0. The molecule has 0 spiro atoms. The van der Waals surface area contributed by atoms with Gasteiger partial charge in [0.1, 0.15) is 0 Å². The molecule has 3 heteroatoms. The van der Waals surface area contributed by atoms with Crippen LogP contribution < -0.4 is 0 Å². The van der Waals surface area contributed by atoms with Gasteiger partial charge in [-0.15, -0.1) is 0 Å². The van der Waals surface area contributed by atoms with E-state index in [-0.39, 0.29) is 33.7 Å². The lowest BCUT2D eigenvalue weighted by atomic mass is 9.33. The Morgan fingerprint density at radius 2 is 1.61 bits per heavy atom. The molecule has 5 aliphatic rings. The van der Waals surface area contributed by atoms with Crippen LogP contribution in [0.1, 0.15) is 106 Å². The number of fused-ring (bicyclic) bond motifs is 7. The van der Waals surface area contributed by atoms with Gasteiger partial charge < -0.3 is 10.2 Å². The van der Waals surface area contributed by atoms with Crippen molar-refractivity contribution in [2.24, 2.45) is 56.7 Å². The molecule has 0 amide bonds. The molecule has 0 aromatic carbocycles. The minimum absolute atomic E-state index is 0.0302. The van der Waals surface area contributed by atoms with E-state index in [2.05, 4.69) is 54.5 Å². The summed E-state index contributed by atoms with van der Waals surface area (Å²) in [6.07, 6.45) is 11.6. The standard InChI is InChI=1S/C30H48O3/c1-18-10-15-30(25(32)33)17-16-28(6)20(24(30)19(18)2)8-9-22-27(5)13-12-23(31)26(3,4)21(27)11-14-29(22,28)7/h8,18-19,21-24,31H,9-17H2,1-7H3,(H,32,33)/t18-,19+,21+,22-,23-,24-,27+,28-,29-,30-/m1/s1. The van der Waals surface area contributed by atoms with Gasteiger partial charge in [-0.1, -0.05) is 60.1 Å². The Bertz CT molecular complexity index is 874. The van der Waals surface area contributed by atoms with Crippen LogP contribution in [-0.4, -0.2) is 22.3 Å². The van der Waals surface area contributed by atoms with Crippen molar-refractivity contribution in [2.45, 2.75) is 112 Å². The van der Waals surface area contributed by atoms with Gasteiger partial charge in [0.05, 0.1) is 11.5 Å². The van der Waals surface area contributed by atoms with Crippen molar-refractivity contribution in [1.29, 1.82) is 0 Å². The maximum atomic E-state index is 12.8. The van der Waals surface area contributed by atoms with Crippen LogP contribution in [0.15, 0.2) is 11.6 Å². The van der Waals surface area contributed by atoms with Crippen molar-refractivity contribution in [3.8, 4) is 0 Å². The van der Waals surface area contributed by atoms with Crippen LogP contribution in [0.5, 0.6) is 0 Å². The number of aliphatic carboxylic acids is 1. The molecule has 0 saturated heterocycles. The number of carboxylic acids is 1. The number of hydrogen-bond acceptors (Lipinski definition) is 2. The Kier molecular flexibility index (Phi) is 5.15. The van der Waals surface area contributed by atoms with Crippen LogP contribution in [0.4, 0.5) is 0 Å². The molecule has 4 saturated carbocycles. The van der Waals surface area contributed by atoms with Crippen LogP contribution in [-0.2, 0) is 4.79 Å². The minimum Gasteiger partial charge on any atom is -0.481 e. The van der Waals surface area contributed by atoms with E-state index in [0.29, 0.717) is 23.7 Å². The van der Waals surface area contributed by atoms with Crippen molar-refractivity contribution in [3.63, 3.8) is 0 Å². The highest BCUT2D eigenvalue weighted by molar-refractivity contribution is 5.76. The van der Waals surface area contributed by atoms with Crippen molar-refractivity contribution >= 4 is 5.97 Å². The summed E-state index contributed by atoms with van der Waals surface area (Å²) in [5.74, 6) is 1.82. The fourth-order valence-electron chi connectivity index (χ4n) is 10.8. The van der Waals surface area contributed by atoms with E-state index in [1.807, 2.05) is 0 Å². The number of carboxylic acid groups (broad SMARTS) is 1. The fourth-order valence-corrected chi connectivity index (χ4v) is 10.8. The van der Waals surface area contributed by atoms with Crippen LogP contribution in [0.25, 0.3) is 0 Å². The van der Waals surface area contributed by atoms with Gasteiger partial charge >= 0.3 is 5.97 Å². The zero-order valence-electron chi connectivity index (χ0n) is 22.2. The van der Waals surface area contributed by atoms with E-state index in [1.54, 1.807) is 0 Å². The van der Waals surface area contributed by atoms with Crippen LogP contribution in [0, 0.1) is 56.7 Å². The van der Waals surface area contributed by atoms with Gasteiger partial charge in [0.2, 0.25) is 0 Å². The average Bonchev–Trinajstić information content (AvgIpc) is 2.74. The van der Waals surface area contributed by atoms with Crippen molar-refractivity contribution < 1.29 is 15.0 Å². The molecule has 33 heavy (non-hydrogen) atoms. The molecule has 5 aliphatic carbocycles. The maximum Gasteiger partial charge on any atom is 0.310 e. The third kappa shape index (κ3) is 2.75. The second kappa shape index (κ2) is 7.11. The molecular weight excluding hydrogens is 408 g/mol. The first-order valence-electron chi connectivity index (χ1n) is 13.9. The van der Waals surface area contributed by atoms with Gasteiger partial charge in [-0.2, -0.15) is 0 Å². The molecule has 0 aliphatic heterocycles. The van der Waals surface area contributed by atoms with Gasteiger partial charge in [0.15, 0.2) is 0 Å². The molecular formula is C30H48O3. The van der Waals surface area contributed by atoms with E-state index >= 15 is 0 Å². The Morgan fingerprint density at radius 3 is 2.27 bits per heavy atom. The monoisotopic (exact) mass is 456 g/mol. The van der Waals surface area contributed by atoms with Gasteiger partial charge in [-0.25, -0.2) is 0 Å². The van der Waals surface area contributed by atoms with Crippen molar-refractivity contribution in [3.05, 3.63) is 11.6 Å². The third-order valence-corrected chi connectivity index (χ3v) is 13.4. The largest absolute Gasteiger partial charge is 0.481 e. The van der Waals surface area contributed by atoms with Crippen LogP contribution >= 0.6 is 0 Å². The highest BCUT2D eigenvalue weighted by Gasteiger charge is 2.69. The van der Waals surface area contributed by atoms with Gasteiger partial charge in [-0.3, -0.25) is 4.79 Å². The number of carbonyl (C=O) groups is 1. The number of aliphatic hydroxyl groups is 1. The number of hydrogen-bond donors (Lipinski definition) is 2. The lowest BCUT2D eigenvalue weighted by Crippen LogP contribution is -2.65. The smallest absolute Gasteiger partial charge is 0.310 e. The first-order chi connectivity index (χ1) is 15.3. The molecule has 10 atom stereocenters. The van der Waals surface area contributed by atoms with Gasteiger partial charge in [-0.05, 0) is 109 Å². The summed E-state index contributed by atoms with van der Waals surface area (Å²) in [5, 5.41) is 21.4. The van der Waals surface area contributed by atoms with E-state index in [0.717, 1.165) is 44.9 Å². The lowest BCUT2D eigenvalue weighted by Gasteiger charge is -2.71. The summed E-state index contributed by atoms with van der Waals surface area (Å²) >= 11 is 0. The molecule has 5 rings (SSSR count). The highest BCUT2D eigenvalue weighted by Crippen LogP contribution is 2.75. The molecule has 0 radical (unpaired) electrons. The average molecular weight is 457 g/mol. The lowest BCUT2D eigenvalue weighted by molar-refractivity contribution is -0.206. The Morgan fingerprint density at radius 1 is 0.909 bits per heavy atom. The quantitative estimate of drug-likeness (QED) is 0.414. The van der Waals surface area contributed by atoms with Gasteiger partial charge in [0, 0.05) is 0 Å². The SMILES string of the molecule is C[C@H]1[C@H](C)CC[C@@]2(C(=O)O)CC[C@]3(C)C(=CC[C@@H]4[C@@]5(C)CC[C@@H](O)C(C)(C)[C@@H]5CC[C@]43C)[C@@H]12. The predicted octanol–water partition coefficient (Wildman–Crippen LogP) is 7.09.